The predicted octanol–water partition coefficient (Wildman–Crippen LogP) is 7.12. The van der Waals surface area contributed by atoms with E-state index in [-0.39, 0.29) is 18.3 Å². The quantitative estimate of drug-likeness (QED) is 0.254. The van der Waals surface area contributed by atoms with Crippen LogP contribution in [0.2, 0.25) is 5.02 Å². The summed E-state index contributed by atoms with van der Waals surface area (Å²) in [4.78, 5) is 18.3. The molecule has 7 heteroatoms. The Bertz CT molecular complexity index is 1190. The minimum Gasteiger partial charge on any atom is -0.497 e. The molecular weight excluding hydrogens is 491 g/mol. The summed E-state index contributed by atoms with van der Waals surface area (Å²) in [6.45, 7) is 2.64. The van der Waals surface area contributed by atoms with Crippen molar-refractivity contribution in [2.24, 2.45) is 11.8 Å². The molecule has 1 N–H and O–H groups in total. The van der Waals surface area contributed by atoms with Crippen molar-refractivity contribution in [3.63, 3.8) is 0 Å². The van der Waals surface area contributed by atoms with Crippen LogP contribution in [-0.2, 0) is 11.2 Å². The molecule has 37 heavy (non-hydrogen) atoms. The van der Waals surface area contributed by atoms with E-state index >= 15 is 4.39 Å². The van der Waals surface area contributed by atoms with Crippen molar-refractivity contribution in [2.75, 3.05) is 26.7 Å². The number of benzene rings is 2. The summed E-state index contributed by atoms with van der Waals surface area (Å²) < 4.78 is 20.8. The number of nitrogens with zero attached hydrogens (tertiary/aromatic N) is 2. The van der Waals surface area contributed by atoms with Gasteiger partial charge in [0.2, 0.25) is 0 Å². The summed E-state index contributed by atoms with van der Waals surface area (Å²) in [6.07, 6.45) is 5.62. The Morgan fingerprint density at radius 3 is 2.84 bits per heavy atom. The molecule has 0 aliphatic carbocycles. The lowest BCUT2D eigenvalue weighted by molar-refractivity contribution is -0.139. The molecule has 5 nitrogen and oxygen atoms in total. The van der Waals surface area contributed by atoms with Crippen LogP contribution in [0, 0.1) is 11.8 Å². The highest BCUT2D eigenvalue weighted by atomic mass is 35.5. The van der Waals surface area contributed by atoms with Crippen LogP contribution in [0.5, 0.6) is 5.75 Å². The molecule has 1 aromatic heterocycles. The molecule has 0 bridgehead atoms. The number of hydrogen-bond donors (Lipinski definition) is 1. The van der Waals surface area contributed by atoms with E-state index in [2.05, 4.69) is 16.0 Å². The zero-order valence-corrected chi connectivity index (χ0v) is 22.2. The molecule has 198 valence electrons. The van der Waals surface area contributed by atoms with Gasteiger partial charge in [0.1, 0.15) is 11.9 Å². The lowest BCUT2D eigenvalue weighted by Crippen LogP contribution is -2.41. The second kappa shape index (κ2) is 13.2. The Morgan fingerprint density at radius 2 is 2.05 bits per heavy atom. The Hall–Kier alpha value is -2.70. The number of halogens is 2. The standard InChI is InChI=1S/C30H36ClFN2O3/c1-37-24-10-12-29-26(19-24)25(13-15-33-29)28(32)11-9-21-14-17-34(20-23(21)18-30(35)36)16-5-4-7-22-6-2-3-8-27(22)31/h2-3,6,8,10,12-13,15,19,21,23,28H,4-5,7,9,11,14,16-18,20H2,1H3,(H,35,36)/t21-,23+,28-/m1/s1. The minimum absolute atomic E-state index is 0.0382. The number of methoxy groups -OCH3 is 1. The number of ether oxygens (including phenoxy) is 1. The fourth-order valence-electron chi connectivity index (χ4n) is 5.61. The first-order chi connectivity index (χ1) is 17.9. The van der Waals surface area contributed by atoms with E-state index in [4.69, 9.17) is 16.3 Å². The van der Waals surface area contributed by atoms with Gasteiger partial charge < -0.3 is 14.7 Å². The third-order valence-corrected chi connectivity index (χ3v) is 8.02. The van der Waals surface area contributed by atoms with E-state index in [1.165, 1.54) is 5.56 Å². The van der Waals surface area contributed by atoms with Gasteiger partial charge in [-0.05, 0) is 105 Å². The van der Waals surface area contributed by atoms with E-state index in [1.54, 1.807) is 19.4 Å². The van der Waals surface area contributed by atoms with Gasteiger partial charge in [0.25, 0.3) is 0 Å². The molecule has 0 unspecified atom stereocenters. The topological polar surface area (TPSA) is 62.7 Å². The maximum atomic E-state index is 15.5. The largest absolute Gasteiger partial charge is 0.497 e. The van der Waals surface area contributed by atoms with Gasteiger partial charge in [0.15, 0.2) is 0 Å². The molecule has 0 amide bonds. The Morgan fingerprint density at radius 1 is 1.22 bits per heavy atom. The number of hydrogen-bond acceptors (Lipinski definition) is 4. The molecule has 0 saturated carbocycles. The lowest BCUT2D eigenvalue weighted by Gasteiger charge is -2.38. The average Bonchev–Trinajstić information content (AvgIpc) is 2.90. The smallest absolute Gasteiger partial charge is 0.303 e. The van der Waals surface area contributed by atoms with Crippen LogP contribution >= 0.6 is 11.6 Å². The summed E-state index contributed by atoms with van der Waals surface area (Å²) in [7, 11) is 1.60. The van der Waals surface area contributed by atoms with E-state index in [9.17, 15) is 9.90 Å². The Kier molecular flexibility index (Phi) is 9.75. The molecule has 2 aromatic carbocycles. The predicted molar refractivity (Wildman–Crippen MR) is 146 cm³/mol. The van der Waals surface area contributed by atoms with Gasteiger partial charge in [-0.2, -0.15) is 0 Å². The van der Waals surface area contributed by atoms with Crippen LogP contribution in [0.15, 0.2) is 54.7 Å². The fraction of sp³-hybridized carbons (Fsp3) is 0.467. The Balaban J connectivity index is 1.31. The molecule has 0 radical (unpaired) electrons. The fourth-order valence-corrected chi connectivity index (χ4v) is 5.84. The van der Waals surface area contributed by atoms with Crippen molar-refractivity contribution in [2.45, 2.75) is 51.1 Å². The monoisotopic (exact) mass is 526 g/mol. The minimum atomic E-state index is -1.13. The third kappa shape index (κ3) is 7.42. The third-order valence-electron chi connectivity index (χ3n) is 7.65. The first kappa shape index (κ1) is 27.3. The number of piperidine rings is 1. The molecule has 1 aliphatic rings. The number of carboxylic acids is 1. The van der Waals surface area contributed by atoms with Crippen LogP contribution in [0.1, 0.15) is 55.8 Å². The summed E-state index contributed by atoms with van der Waals surface area (Å²) in [5.74, 6) is 0.141. The van der Waals surface area contributed by atoms with Crippen molar-refractivity contribution < 1.29 is 19.0 Å². The van der Waals surface area contributed by atoms with Gasteiger partial charge in [-0.3, -0.25) is 9.78 Å². The highest BCUT2D eigenvalue weighted by Gasteiger charge is 2.31. The van der Waals surface area contributed by atoms with Crippen molar-refractivity contribution in [1.29, 1.82) is 0 Å². The first-order valence-electron chi connectivity index (χ1n) is 13.2. The first-order valence-corrected chi connectivity index (χ1v) is 13.6. The molecule has 1 aliphatic heterocycles. The molecule has 3 atom stereocenters. The van der Waals surface area contributed by atoms with Crippen LogP contribution in [0.3, 0.4) is 0 Å². The van der Waals surface area contributed by atoms with Gasteiger partial charge in [-0.15, -0.1) is 0 Å². The lowest BCUT2D eigenvalue weighted by atomic mass is 9.79. The number of unbranched alkanes of at least 4 members (excludes halogenated alkanes) is 1. The normalized spacial score (nSPS) is 19.1. The number of fused-ring (bicyclic) bond motifs is 1. The summed E-state index contributed by atoms with van der Waals surface area (Å²) in [5, 5.41) is 11.1. The molecule has 1 fully saturated rings. The molecule has 2 heterocycles. The zero-order valence-electron chi connectivity index (χ0n) is 21.4. The van der Waals surface area contributed by atoms with Gasteiger partial charge >= 0.3 is 5.97 Å². The second-order valence-corrected chi connectivity index (χ2v) is 10.5. The highest BCUT2D eigenvalue weighted by Crippen LogP contribution is 2.36. The SMILES string of the molecule is COc1ccc2nccc([C@H](F)CC[C@@H]3CCN(CCCCc4ccccc4Cl)C[C@@H]3CC(=O)O)c2c1. The number of aryl methyl sites for hydroxylation is 1. The number of alkyl halides is 1. The number of likely N-dealkylation sites (tertiary alicyclic amines) is 1. The van der Waals surface area contributed by atoms with E-state index in [1.807, 2.05) is 36.4 Å². The molecule has 1 saturated heterocycles. The Labute approximate surface area is 223 Å². The number of rotatable bonds is 12. The van der Waals surface area contributed by atoms with Gasteiger partial charge in [-0.1, -0.05) is 29.8 Å². The van der Waals surface area contributed by atoms with E-state index in [0.29, 0.717) is 24.2 Å². The van der Waals surface area contributed by atoms with Crippen LogP contribution in [0.25, 0.3) is 10.9 Å². The number of aromatic nitrogens is 1. The van der Waals surface area contributed by atoms with Gasteiger partial charge in [0.05, 0.1) is 12.6 Å². The van der Waals surface area contributed by atoms with Crippen LogP contribution < -0.4 is 4.74 Å². The number of carboxylic acid groups (broad SMARTS) is 1. The van der Waals surface area contributed by atoms with Gasteiger partial charge in [-0.25, -0.2) is 4.39 Å². The van der Waals surface area contributed by atoms with Crippen molar-refractivity contribution >= 4 is 28.5 Å². The number of aliphatic carboxylic acids is 1. The summed E-state index contributed by atoms with van der Waals surface area (Å²) in [6, 6.07) is 15.2. The van der Waals surface area contributed by atoms with Crippen molar-refractivity contribution in [3.05, 3.63) is 70.9 Å². The molecule has 0 spiro atoms. The number of pyridine rings is 1. The van der Waals surface area contributed by atoms with Gasteiger partial charge in [0, 0.05) is 29.6 Å². The maximum Gasteiger partial charge on any atom is 0.303 e. The highest BCUT2D eigenvalue weighted by molar-refractivity contribution is 6.31. The summed E-state index contributed by atoms with van der Waals surface area (Å²) in [5.41, 5.74) is 2.54. The molecular formula is C30H36ClFN2O3. The molecule has 3 aromatic rings. The maximum absolute atomic E-state index is 15.5. The van der Waals surface area contributed by atoms with Crippen molar-refractivity contribution in [3.8, 4) is 5.75 Å². The average molecular weight is 527 g/mol. The molecule has 4 rings (SSSR count). The zero-order chi connectivity index (χ0) is 26.2. The second-order valence-electron chi connectivity index (χ2n) is 10.1. The van der Waals surface area contributed by atoms with Crippen molar-refractivity contribution in [1.82, 2.24) is 9.88 Å². The van der Waals surface area contributed by atoms with Crippen LogP contribution in [0.4, 0.5) is 4.39 Å². The number of carbonyl (C=O) groups is 1. The van der Waals surface area contributed by atoms with Crippen LogP contribution in [-0.4, -0.2) is 47.7 Å². The van der Waals surface area contributed by atoms with E-state index < -0.39 is 12.1 Å². The van der Waals surface area contributed by atoms with E-state index in [0.717, 1.165) is 61.2 Å². The summed E-state index contributed by atoms with van der Waals surface area (Å²) >= 11 is 6.27.